The van der Waals surface area contributed by atoms with Crippen LogP contribution in [0.3, 0.4) is 0 Å². The van der Waals surface area contributed by atoms with Crippen LogP contribution in [0.1, 0.15) is 28.8 Å². The van der Waals surface area contributed by atoms with Gasteiger partial charge in [-0.15, -0.1) is 0 Å². The SMILES string of the molecule is Cc1cnccc1-c1ccc(C(=O)N2CCN3CCC[C@H]3C2)cc1. The van der Waals surface area contributed by atoms with Crippen molar-refractivity contribution in [2.24, 2.45) is 0 Å². The third kappa shape index (κ3) is 2.82. The molecule has 2 saturated heterocycles. The second kappa shape index (κ2) is 6.36. The standard InChI is InChI=1S/C20H23N3O/c1-15-13-21-9-8-19(15)16-4-6-17(7-5-16)20(24)23-12-11-22-10-2-3-18(22)14-23/h4-9,13,18H,2-3,10-12,14H2,1H3/t18-/m0/s1. The molecule has 124 valence electrons. The van der Waals surface area contributed by atoms with E-state index < -0.39 is 0 Å². The molecule has 3 heterocycles. The number of carbonyl (C=O) groups excluding carboxylic acids is 1. The fraction of sp³-hybridized carbons (Fsp3) is 0.400. The fourth-order valence-corrected chi connectivity index (χ4v) is 3.95. The first-order chi connectivity index (χ1) is 11.7. The van der Waals surface area contributed by atoms with Gasteiger partial charge in [-0.25, -0.2) is 0 Å². The molecule has 0 unspecified atom stereocenters. The quantitative estimate of drug-likeness (QED) is 0.853. The zero-order chi connectivity index (χ0) is 16.5. The van der Waals surface area contributed by atoms with Gasteiger partial charge in [0.15, 0.2) is 0 Å². The monoisotopic (exact) mass is 321 g/mol. The maximum atomic E-state index is 12.8. The van der Waals surface area contributed by atoms with Crippen molar-refractivity contribution >= 4 is 5.91 Å². The van der Waals surface area contributed by atoms with E-state index in [2.05, 4.69) is 16.8 Å². The number of nitrogens with zero attached hydrogens (tertiary/aromatic N) is 3. The summed E-state index contributed by atoms with van der Waals surface area (Å²) in [6.07, 6.45) is 6.18. The van der Waals surface area contributed by atoms with E-state index in [0.717, 1.165) is 36.3 Å². The van der Waals surface area contributed by atoms with E-state index in [9.17, 15) is 4.79 Å². The number of aryl methyl sites for hydroxylation is 1. The number of rotatable bonds is 2. The average Bonchev–Trinajstić information content (AvgIpc) is 3.09. The number of hydrogen-bond donors (Lipinski definition) is 0. The van der Waals surface area contributed by atoms with Crippen LogP contribution in [0.4, 0.5) is 0 Å². The van der Waals surface area contributed by atoms with Gasteiger partial charge in [-0.2, -0.15) is 0 Å². The summed E-state index contributed by atoms with van der Waals surface area (Å²) in [7, 11) is 0. The van der Waals surface area contributed by atoms with Crippen LogP contribution in [-0.2, 0) is 0 Å². The van der Waals surface area contributed by atoms with Crippen LogP contribution in [0.15, 0.2) is 42.7 Å². The Bertz CT molecular complexity index is 741. The summed E-state index contributed by atoms with van der Waals surface area (Å²) >= 11 is 0. The highest BCUT2D eigenvalue weighted by Gasteiger charge is 2.32. The highest BCUT2D eigenvalue weighted by atomic mass is 16.2. The zero-order valence-corrected chi connectivity index (χ0v) is 14.1. The molecule has 0 saturated carbocycles. The molecule has 4 nitrogen and oxygen atoms in total. The molecule has 1 aromatic heterocycles. The number of piperazine rings is 1. The normalized spacial score (nSPS) is 20.9. The van der Waals surface area contributed by atoms with Crippen molar-refractivity contribution in [2.45, 2.75) is 25.8 Å². The molecule has 2 aliphatic rings. The molecule has 4 rings (SSSR count). The van der Waals surface area contributed by atoms with Crippen LogP contribution >= 0.6 is 0 Å². The molecule has 1 amide bonds. The summed E-state index contributed by atoms with van der Waals surface area (Å²) in [5, 5.41) is 0. The molecule has 24 heavy (non-hydrogen) atoms. The first kappa shape index (κ1) is 15.3. The van der Waals surface area contributed by atoms with E-state index in [0.29, 0.717) is 6.04 Å². The summed E-state index contributed by atoms with van der Waals surface area (Å²) < 4.78 is 0. The molecule has 0 bridgehead atoms. The molecule has 0 spiro atoms. The maximum absolute atomic E-state index is 12.8. The van der Waals surface area contributed by atoms with Gasteiger partial charge in [-0.3, -0.25) is 14.7 Å². The predicted octanol–water partition coefficient (Wildman–Crippen LogP) is 2.98. The molecule has 0 aliphatic carbocycles. The maximum Gasteiger partial charge on any atom is 0.253 e. The molecule has 2 aliphatic heterocycles. The van der Waals surface area contributed by atoms with Crippen LogP contribution in [0.25, 0.3) is 11.1 Å². The Labute approximate surface area is 143 Å². The van der Waals surface area contributed by atoms with Crippen LogP contribution in [0.2, 0.25) is 0 Å². The number of pyridine rings is 1. The minimum Gasteiger partial charge on any atom is -0.336 e. The van der Waals surface area contributed by atoms with Crippen LogP contribution in [-0.4, -0.2) is 52.9 Å². The summed E-state index contributed by atoms with van der Waals surface area (Å²) in [4.78, 5) is 21.5. The van der Waals surface area contributed by atoms with Gasteiger partial charge in [0, 0.05) is 43.6 Å². The minimum atomic E-state index is 0.166. The van der Waals surface area contributed by atoms with Crippen molar-refractivity contribution < 1.29 is 4.79 Å². The van der Waals surface area contributed by atoms with Crippen molar-refractivity contribution in [3.05, 3.63) is 53.9 Å². The van der Waals surface area contributed by atoms with Gasteiger partial charge in [0.1, 0.15) is 0 Å². The largest absolute Gasteiger partial charge is 0.336 e. The van der Waals surface area contributed by atoms with Crippen LogP contribution < -0.4 is 0 Å². The predicted molar refractivity (Wildman–Crippen MR) is 94.9 cm³/mol. The number of benzene rings is 1. The molecular weight excluding hydrogens is 298 g/mol. The molecule has 4 heteroatoms. The molecule has 2 fully saturated rings. The third-order valence-electron chi connectivity index (χ3n) is 5.34. The molecule has 2 aromatic rings. The Morgan fingerprint density at radius 2 is 1.96 bits per heavy atom. The molecular formula is C20H23N3O. The third-order valence-corrected chi connectivity index (χ3v) is 5.34. The second-order valence-corrected chi connectivity index (χ2v) is 6.85. The van der Waals surface area contributed by atoms with Crippen molar-refractivity contribution in [2.75, 3.05) is 26.2 Å². The topological polar surface area (TPSA) is 36.4 Å². The van der Waals surface area contributed by atoms with Crippen LogP contribution in [0, 0.1) is 6.92 Å². The zero-order valence-electron chi connectivity index (χ0n) is 14.1. The summed E-state index contributed by atoms with van der Waals surface area (Å²) in [5.41, 5.74) is 4.24. The highest BCUT2D eigenvalue weighted by molar-refractivity contribution is 5.94. The fourth-order valence-electron chi connectivity index (χ4n) is 3.95. The van der Waals surface area contributed by atoms with Crippen molar-refractivity contribution in [3.63, 3.8) is 0 Å². The first-order valence-electron chi connectivity index (χ1n) is 8.77. The van der Waals surface area contributed by atoms with E-state index >= 15 is 0 Å². The Hall–Kier alpha value is -2.20. The average molecular weight is 321 g/mol. The van der Waals surface area contributed by atoms with E-state index in [4.69, 9.17) is 0 Å². The molecule has 1 atom stereocenters. The van der Waals surface area contributed by atoms with E-state index in [-0.39, 0.29) is 5.91 Å². The molecule has 0 N–H and O–H groups in total. The number of fused-ring (bicyclic) bond motifs is 1. The Morgan fingerprint density at radius 3 is 2.75 bits per heavy atom. The van der Waals surface area contributed by atoms with Gasteiger partial charge in [-0.1, -0.05) is 12.1 Å². The summed E-state index contributed by atoms with van der Waals surface area (Å²) in [5.74, 6) is 0.166. The van der Waals surface area contributed by atoms with E-state index in [1.54, 1.807) is 0 Å². The van der Waals surface area contributed by atoms with E-state index in [1.807, 2.05) is 47.6 Å². The number of aromatic nitrogens is 1. The van der Waals surface area contributed by atoms with Gasteiger partial charge in [0.2, 0.25) is 0 Å². The van der Waals surface area contributed by atoms with Gasteiger partial charge in [-0.05, 0) is 61.2 Å². The number of amides is 1. The Balaban J connectivity index is 1.50. The smallest absolute Gasteiger partial charge is 0.253 e. The lowest BCUT2D eigenvalue weighted by molar-refractivity contribution is 0.0571. The first-order valence-corrected chi connectivity index (χ1v) is 8.77. The Morgan fingerprint density at radius 1 is 1.12 bits per heavy atom. The van der Waals surface area contributed by atoms with E-state index in [1.165, 1.54) is 24.9 Å². The highest BCUT2D eigenvalue weighted by Crippen LogP contribution is 2.25. The number of hydrogen-bond acceptors (Lipinski definition) is 3. The van der Waals surface area contributed by atoms with Crippen molar-refractivity contribution in [1.29, 1.82) is 0 Å². The van der Waals surface area contributed by atoms with Crippen molar-refractivity contribution in [3.8, 4) is 11.1 Å². The van der Waals surface area contributed by atoms with Gasteiger partial charge < -0.3 is 4.90 Å². The minimum absolute atomic E-state index is 0.166. The summed E-state index contributed by atoms with van der Waals surface area (Å²) in [6.45, 7) is 6.00. The van der Waals surface area contributed by atoms with Gasteiger partial charge >= 0.3 is 0 Å². The molecule has 1 aromatic carbocycles. The lowest BCUT2D eigenvalue weighted by atomic mass is 10.0. The van der Waals surface area contributed by atoms with Crippen molar-refractivity contribution in [1.82, 2.24) is 14.8 Å². The summed E-state index contributed by atoms with van der Waals surface area (Å²) in [6, 6.07) is 10.6. The van der Waals surface area contributed by atoms with Gasteiger partial charge in [0.25, 0.3) is 5.91 Å². The number of carbonyl (C=O) groups is 1. The Kier molecular flexibility index (Phi) is 4.07. The molecule has 0 radical (unpaired) electrons. The van der Waals surface area contributed by atoms with Gasteiger partial charge in [0.05, 0.1) is 0 Å². The lowest BCUT2D eigenvalue weighted by Gasteiger charge is -2.37. The lowest BCUT2D eigenvalue weighted by Crippen LogP contribution is -2.52. The van der Waals surface area contributed by atoms with Crippen LogP contribution in [0.5, 0.6) is 0 Å². The second-order valence-electron chi connectivity index (χ2n) is 6.85.